The molecule has 1 fully saturated rings. The summed E-state index contributed by atoms with van der Waals surface area (Å²) in [5.41, 5.74) is 1.95. The molecule has 0 aliphatic carbocycles. The first-order valence-electron chi connectivity index (χ1n) is 9.80. The molecule has 1 aromatic heterocycles. The van der Waals surface area contributed by atoms with Gasteiger partial charge in [-0.1, -0.05) is 23.4 Å². The van der Waals surface area contributed by atoms with Crippen molar-refractivity contribution in [3.63, 3.8) is 0 Å². The summed E-state index contributed by atoms with van der Waals surface area (Å²) in [6.45, 7) is 5.77. The SMILES string of the molecule is COc1ccc2cc(/C=C/C(=O)N3CCN(Cc4cc(C)on4)CC3)ccc2c1. The number of hydrogen-bond donors (Lipinski definition) is 0. The first kappa shape index (κ1) is 19.2. The maximum Gasteiger partial charge on any atom is 0.246 e. The first-order chi connectivity index (χ1) is 14.1. The van der Waals surface area contributed by atoms with E-state index in [9.17, 15) is 4.79 Å². The topological polar surface area (TPSA) is 58.8 Å². The number of nitrogens with zero attached hydrogens (tertiary/aromatic N) is 3. The molecule has 6 heteroatoms. The Balaban J connectivity index is 1.33. The van der Waals surface area contributed by atoms with Crippen LogP contribution in [0.2, 0.25) is 0 Å². The average molecular weight is 391 g/mol. The van der Waals surface area contributed by atoms with Crippen molar-refractivity contribution >= 4 is 22.8 Å². The van der Waals surface area contributed by atoms with E-state index in [2.05, 4.69) is 16.1 Å². The van der Waals surface area contributed by atoms with Crippen molar-refractivity contribution in [1.29, 1.82) is 0 Å². The van der Waals surface area contributed by atoms with Crippen LogP contribution in [0.15, 0.2) is 53.1 Å². The highest BCUT2D eigenvalue weighted by molar-refractivity contribution is 5.93. The zero-order chi connectivity index (χ0) is 20.2. The van der Waals surface area contributed by atoms with Crippen LogP contribution in [0.1, 0.15) is 17.0 Å². The molecular formula is C23H25N3O3. The highest BCUT2D eigenvalue weighted by atomic mass is 16.5. The van der Waals surface area contributed by atoms with E-state index >= 15 is 0 Å². The predicted octanol–water partition coefficient (Wildman–Crippen LogP) is 3.50. The normalized spacial score (nSPS) is 15.3. The van der Waals surface area contributed by atoms with Gasteiger partial charge in [-0.2, -0.15) is 0 Å². The van der Waals surface area contributed by atoms with Crippen molar-refractivity contribution in [2.24, 2.45) is 0 Å². The second kappa shape index (κ2) is 8.49. The summed E-state index contributed by atoms with van der Waals surface area (Å²) in [5, 5.41) is 6.28. The van der Waals surface area contributed by atoms with Gasteiger partial charge in [0.2, 0.25) is 5.91 Å². The molecule has 0 spiro atoms. The van der Waals surface area contributed by atoms with Crippen molar-refractivity contribution < 1.29 is 14.1 Å². The second-order valence-corrected chi connectivity index (χ2v) is 7.34. The van der Waals surface area contributed by atoms with Gasteiger partial charge in [0.25, 0.3) is 0 Å². The van der Waals surface area contributed by atoms with E-state index in [1.807, 2.05) is 54.3 Å². The molecule has 1 aliphatic rings. The Kier molecular flexibility index (Phi) is 5.62. The third kappa shape index (κ3) is 4.66. The first-order valence-corrected chi connectivity index (χ1v) is 9.80. The zero-order valence-corrected chi connectivity index (χ0v) is 16.8. The number of amides is 1. The molecule has 2 heterocycles. The van der Waals surface area contributed by atoms with E-state index in [-0.39, 0.29) is 5.91 Å². The molecule has 0 N–H and O–H groups in total. The van der Waals surface area contributed by atoms with Gasteiger partial charge in [-0.3, -0.25) is 9.69 Å². The minimum atomic E-state index is 0.0526. The molecule has 0 saturated carbocycles. The van der Waals surface area contributed by atoms with Crippen LogP contribution in [0.3, 0.4) is 0 Å². The summed E-state index contributed by atoms with van der Waals surface area (Å²) in [4.78, 5) is 16.8. The maximum atomic E-state index is 12.6. The van der Waals surface area contributed by atoms with E-state index in [4.69, 9.17) is 9.26 Å². The van der Waals surface area contributed by atoms with Gasteiger partial charge < -0.3 is 14.2 Å². The molecule has 0 atom stereocenters. The Bertz CT molecular complexity index is 1030. The maximum absolute atomic E-state index is 12.6. The Morgan fingerprint density at radius 1 is 1.10 bits per heavy atom. The Morgan fingerprint density at radius 3 is 2.59 bits per heavy atom. The number of aryl methyl sites for hydroxylation is 1. The molecule has 1 aliphatic heterocycles. The molecular weight excluding hydrogens is 366 g/mol. The van der Waals surface area contributed by atoms with E-state index < -0.39 is 0 Å². The summed E-state index contributed by atoms with van der Waals surface area (Å²) in [7, 11) is 1.67. The van der Waals surface area contributed by atoms with Gasteiger partial charge in [0.05, 0.1) is 12.8 Å². The summed E-state index contributed by atoms with van der Waals surface area (Å²) in [5.74, 6) is 1.72. The van der Waals surface area contributed by atoms with E-state index in [1.165, 1.54) is 0 Å². The van der Waals surface area contributed by atoms with Crippen molar-refractivity contribution in [2.45, 2.75) is 13.5 Å². The van der Waals surface area contributed by atoms with Crippen LogP contribution in [0.4, 0.5) is 0 Å². The molecule has 2 aromatic carbocycles. The number of rotatable bonds is 5. The van der Waals surface area contributed by atoms with Gasteiger partial charge in [0, 0.05) is 44.9 Å². The van der Waals surface area contributed by atoms with Crippen molar-refractivity contribution in [1.82, 2.24) is 15.0 Å². The Morgan fingerprint density at radius 2 is 1.86 bits per heavy atom. The average Bonchev–Trinajstić information content (AvgIpc) is 3.16. The molecule has 3 aromatic rings. The third-order valence-corrected chi connectivity index (χ3v) is 5.24. The molecule has 0 radical (unpaired) electrons. The van der Waals surface area contributed by atoms with Crippen LogP contribution >= 0.6 is 0 Å². The molecule has 0 bridgehead atoms. The molecule has 29 heavy (non-hydrogen) atoms. The Hall–Kier alpha value is -3.12. The lowest BCUT2D eigenvalue weighted by atomic mass is 10.1. The molecule has 0 unspecified atom stereocenters. The minimum absolute atomic E-state index is 0.0526. The summed E-state index contributed by atoms with van der Waals surface area (Å²) >= 11 is 0. The van der Waals surface area contributed by atoms with E-state index in [0.717, 1.165) is 66.3 Å². The molecule has 1 saturated heterocycles. The lowest BCUT2D eigenvalue weighted by molar-refractivity contribution is -0.127. The number of fused-ring (bicyclic) bond motifs is 1. The van der Waals surface area contributed by atoms with E-state index in [0.29, 0.717) is 0 Å². The van der Waals surface area contributed by atoms with E-state index in [1.54, 1.807) is 13.2 Å². The molecule has 150 valence electrons. The third-order valence-electron chi connectivity index (χ3n) is 5.24. The Labute approximate surface area is 170 Å². The van der Waals surface area contributed by atoms with Crippen LogP contribution in [-0.4, -0.2) is 54.2 Å². The van der Waals surface area contributed by atoms with Crippen molar-refractivity contribution in [2.75, 3.05) is 33.3 Å². The summed E-state index contributed by atoms with van der Waals surface area (Å²) < 4.78 is 10.4. The second-order valence-electron chi connectivity index (χ2n) is 7.34. The predicted molar refractivity (Wildman–Crippen MR) is 113 cm³/mol. The zero-order valence-electron chi connectivity index (χ0n) is 16.8. The summed E-state index contributed by atoms with van der Waals surface area (Å²) in [6, 6.07) is 14.1. The van der Waals surface area contributed by atoms with Gasteiger partial charge in [-0.25, -0.2) is 0 Å². The van der Waals surface area contributed by atoms with Crippen LogP contribution in [-0.2, 0) is 11.3 Å². The quantitative estimate of drug-likeness (QED) is 0.623. The lowest BCUT2D eigenvalue weighted by Gasteiger charge is -2.33. The fourth-order valence-corrected chi connectivity index (χ4v) is 3.59. The minimum Gasteiger partial charge on any atom is -0.497 e. The number of benzene rings is 2. The van der Waals surface area contributed by atoms with Gasteiger partial charge >= 0.3 is 0 Å². The number of piperazine rings is 1. The number of aromatic nitrogens is 1. The van der Waals surface area contributed by atoms with Crippen molar-refractivity contribution in [3.05, 3.63) is 65.6 Å². The number of ether oxygens (including phenoxy) is 1. The number of carbonyl (C=O) groups excluding carboxylic acids is 1. The van der Waals surface area contributed by atoms with Gasteiger partial charge in [-0.15, -0.1) is 0 Å². The highest BCUT2D eigenvalue weighted by Crippen LogP contribution is 2.22. The van der Waals surface area contributed by atoms with Crippen LogP contribution < -0.4 is 4.74 Å². The van der Waals surface area contributed by atoms with Crippen LogP contribution in [0, 0.1) is 6.92 Å². The van der Waals surface area contributed by atoms with Crippen LogP contribution in [0.5, 0.6) is 5.75 Å². The number of carbonyl (C=O) groups is 1. The number of hydrogen-bond acceptors (Lipinski definition) is 5. The monoisotopic (exact) mass is 391 g/mol. The standard InChI is InChI=1S/C23H25N3O3/c1-17-13-21(24-29-17)16-25-9-11-26(12-10-25)23(27)8-4-18-3-5-20-15-22(28-2)7-6-19(20)14-18/h3-8,13-15H,9-12,16H2,1-2H3/b8-4+. The highest BCUT2D eigenvalue weighted by Gasteiger charge is 2.20. The molecule has 4 rings (SSSR count). The number of methoxy groups -OCH3 is 1. The van der Waals surface area contributed by atoms with Gasteiger partial charge in [0.1, 0.15) is 11.5 Å². The van der Waals surface area contributed by atoms with Gasteiger partial charge in [-0.05, 0) is 47.5 Å². The van der Waals surface area contributed by atoms with Gasteiger partial charge in [0.15, 0.2) is 0 Å². The largest absolute Gasteiger partial charge is 0.497 e. The smallest absolute Gasteiger partial charge is 0.246 e. The fraction of sp³-hybridized carbons (Fsp3) is 0.304. The fourth-order valence-electron chi connectivity index (χ4n) is 3.59. The molecule has 6 nitrogen and oxygen atoms in total. The van der Waals surface area contributed by atoms with Crippen LogP contribution in [0.25, 0.3) is 16.8 Å². The molecule has 1 amide bonds. The van der Waals surface area contributed by atoms with Crippen molar-refractivity contribution in [3.8, 4) is 5.75 Å². The lowest BCUT2D eigenvalue weighted by Crippen LogP contribution is -2.47. The summed E-state index contributed by atoms with van der Waals surface area (Å²) in [6.07, 6.45) is 3.55.